The minimum absolute atomic E-state index is 0.170. The van der Waals surface area contributed by atoms with Crippen LogP contribution in [0.3, 0.4) is 0 Å². The molecule has 1 unspecified atom stereocenters. The van der Waals surface area contributed by atoms with Crippen LogP contribution in [0.2, 0.25) is 0 Å². The van der Waals surface area contributed by atoms with Crippen molar-refractivity contribution in [2.45, 2.75) is 32.9 Å². The number of rotatable bonds is 7. The molecule has 2 nitrogen and oxygen atoms in total. The molecule has 0 aromatic heterocycles. The third kappa shape index (κ3) is 4.84. The highest BCUT2D eigenvalue weighted by Gasteiger charge is 2.12. The van der Waals surface area contributed by atoms with Crippen molar-refractivity contribution in [1.82, 2.24) is 10.2 Å². The Morgan fingerprint density at radius 1 is 1.24 bits per heavy atom. The Hall–Kier alpha value is -0.930. The van der Waals surface area contributed by atoms with Gasteiger partial charge in [0.05, 0.1) is 0 Å². The predicted molar refractivity (Wildman–Crippen MR) is 70.5 cm³/mol. The lowest BCUT2D eigenvalue weighted by Crippen LogP contribution is -2.39. The van der Waals surface area contributed by atoms with Gasteiger partial charge in [0, 0.05) is 19.1 Å². The first-order valence-corrected chi connectivity index (χ1v) is 6.32. The van der Waals surface area contributed by atoms with Crippen LogP contribution in [0.4, 0.5) is 4.39 Å². The second-order valence-electron chi connectivity index (χ2n) is 4.41. The Balaban J connectivity index is 2.51. The second kappa shape index (κ2) is 7.41. The largest absolute Gasteiger partial charge is 0.315 e. The van der Waals surface area contributed by atoms with Crippen LogP contribution in [0.25, 0.3) is 0 Å². The zero-order chi connectivity index (χ0) is 12.7. The van der Waals surface area contributed by atoms with E-state index in [1.54, 1.807) is 0 Å². The highest BCUT2D eigenvalue weighted by atomic mass is 19.1. The zero-order valence-corrected chi connectivity index (χ0v) is 11.0. The monoisotopic (exact) mass is 238 g/mol. The topological polar surface area (TPSA) is 15.3 Å². The van der Waals surface area contributed by atoms with Crippen LogP contribution >= 0.6 is 0 Å². The predicted octanol–water partition coefficient (Wildman–Crippen LogP) is 2.65. The normalized spacial score (nSPS) is 13.0. The second-order valence-corrected chi connectivity index (χ2v) is 4.41. The van der Waals surface area contributed by atoms with Gasteiger partial charge in [0.2, 0.25) is 0 Å². The van der Waals surface area contributed by atoms with Gasteiger partial charge in [0.1, 0.15) is 5.82 Å². The van der Waals surface area contributed by atoms with E-state index >= 15 is 0 Å². The lowest BCUT2D eigenvalue weighted by Gasteiger charge is -2.27. The maximum Gasteiger partial charge on any atom is 0.123 e. The minimum atomic E-state index is -0.170. The van der Waals surface area contributed by atoms with E-state index in [2.05, 4.69) is 31.1 Å². The van der Waals surface area contributed by atoms with Gasteiger partial charge in [-0.05, 0) is 37.7 Å². The summed E-state index contributed by atoms with van der Waals surface area (Å²) in [5, 5.41) is 3.37. The summed E-state index contributed by atoms with van der Waals surface area (Å²) in [6.45, 7) is 7.19. The summed E-state index contributed by atoms with van der Waals surface area (Å²) < 4.78 is 12.8. The maximum absolute atomic E-state index is 12.8. The van der Waals surface area contributed by atoms with E-state index in [0.29, 0.717) is 6.04 Å². The van der Waals surface area contributed by atoms with Gasteiger partial charge in [-0.2, -0.15) is 0 Å². The molecule has 0 spiro atoms. The van der Waals surface area contributed by atoms with Gasteiger partial charge < -0.3 is 5.32 Å². The quantitative estimate of drug-likeness (QED) is 0.785. The molecule has 0 saturated heterocycles. The maximum atomic E-state index is 12.8. The molecule has 0 fully saturated rings. The fourth-order valence-corrected chi connectivity index (χ4v) is 1.93. The van der Waals surface area contributed by atoms with E-state index in [4.69, 9.17) is 0 Å². The average Bonchev–Trinajstić information content (AvgIpc) is 2.33. The fraction of sp³-hybridized carbons (Fsp3) is 0.571. The van der Waals surface area contributed by atoms with E-state index in [1.165, 1.54) is 12.1 Å². The number of likely N-dealkylation sites (N-methyl/N-ethyl adjacent to an activating group) is 2. The lowest BCUT2D eigenvalue weighted by atomic mass is 10.1. The van der Waals surface area contributed by atoms with E-state index in [0.717, 1.165) is 31.6 Å². The van der Waals surface area contributed by atoms with Crippen LogP contribution in [0.1, 0.15) is 25.8 Å². The molecular weight excluding hydrogens is 215 g/mol. The first-order chi connectivity index (χ1) is 8.17. The van der Waals surface area contributed by atoms with Crippen molar-refractivity contribution in [1.29, 1.82) is 0 Å². The molecule has 0 aliphatic heterocycles. The van der Waals surface area contributed by atoms with Gasteiger partial charge >= 0.3 is 0 Å². The molecule has 1 aromatic rings. The van der Waals surface area contributed by atoms with Gasteiger partial charge in [0.25, 0.3) is 0 Å². The molecule has 0 aliphatic carbocycles. The van der Waals surface area contributed by atoms with Crippen LogP contribution in [-0.2, 0) is 6.54 Å². The number of nitrogens with zero attached hydrogens (tertiary/aromatic N) is 1. The molecule has 17 heavy (non-hydrogen) atoms. The summed E-state index contributed by atoms with van der Waals surface area (Å²) in [7, 11) is 2.12. The Labute approximate surface area is 104 Å². The molecule has 0 aliphatic rings. The Kier molecular flexibility index (Phi) is 6.16. The number of hydrogen-bond acceptors (Lipinski definition) is 2. The van der Waals surface area contributed by atoms with Crippen molar-refractivity contribution in [3.05, 3.63) is 35.6 Å². The molecule has 0 amide bonds. The van der Waals surface area contributed by atoms with E-state index in [1.807, 2.05) is 12.1 Å². The molecule has 1 aromatic carbocycles. The molecule has 1 N–H and O–H groups in total. The summed E-state index contributed by atoms with van der Waals surface area (Å²) in [4.78, 5) is 2.32. The smallest absolute Gasteiger partial charge is 0.123 e. The van der Waals surface area contributed by atoms with E-state index < -0.39 is 0 Å². The molecule has 0 heterocycles. The van der Waals surface area contributed by atoms with Crippen LogP contribution in [-0.4, -0.2) is 31.1 Å². The summed E-state index contributed by atoms with van der Waals surface area (Å²) in [6.07, 6.45) is 1.12. The van der Waals surface area contributed by atoms with Crippen molar-refractivity contribution in [3.63, 3.8) is 0 Å². The summed E-state index contributed by atoms with van der Waals surface area (Å²) in [6, 6.07) is 7.28. The standard InChI is InChI=1S/C14H23FN2/c1-4-14(10-16-5-2)17(3)11-12-6-8-13(15)9-7-12/h6-9,14,16H,4-5,10-11H2,1-3H3. The Bertz CT molecular complexity index is 311. The first-order valence-electron chi connectivity index (χ1n) is 6.32. The number of benzene rings is 1. The first kappa shape index (κ1) is 14.1. The number of nitrogens with one attached hydrogen (secondary N) is 1. The van der Waals surface area contributed by atoms with E-state index in [9.17, 15) is 4.39 Å². The van der Waals surface area contributed by atoms with Crippen molar-refractivity contribution in [2.24, 2.45) is 0 Å². The van der Waals surface area contributed by atoms with Crippen LogP contribution in [0.5, 0.6) is 0 Å². The summed E-state index contributed by atoms with van der Waals surface area (Å²) in [5.74, 6) is -0.170. The van der Waals surface area contributed by atoms with Crippen LogP contribution in [0, 0.1) is 5.82 Å². The lowest BCUT2D eigenvalue weighted by molar-refractivity contribution is 0.222. The molecule has 1 atom stereocenters. The van der Waals surface area contributed by atoms with Crippen molar-refractivity contribution >= 4 is 0 Å². The molecule has 3 heteroatoms. The highest BCUT2D eigenvalue weighted by molar-refractivity contribution is 5.15. The third-order valence-corrected chi connectivity index (χ3v) is 3.07. The molecule has 0 saturated carbocycles. The molecular formula is C14H23FN2. The average molecular weight is 238 g/mol. The molecule has 1 rings (SSSR count). The van der Waals surface area contributed by atoms with Crippen LogP contribution in [0.15, 0.2) is 24.3 Å². The minimum Gasteiger partial charge on any atom is -0.315 e. The van der Waals surface area contributed by atoms with Crippen molar-refractivity contribution < 1.29 is 4.39 Å². The van der Waals surface area contributed by atoms with Crippen molar-refractivity contribution in [3.8, 4) is 0 Å². The van der Waals surface area contributed by atoms with Crippen molar-refractivity contribution in [2.75, 3.05) is 20.1 Å². The van der Waals surface area contributed by atoms with Gasteiger partial charge in [-0.3, -0.25) is 4.90 Å². The fourth-order valence-electron chi connectivity index (χ4n) is 1.93. The zero-order valence-electron chi connectivity index (χ0n) is 11.0. The molecule has 0 bridgehead atoms. The molecule has 0 radical (unpaired) electrons. The third-order valence-electron chi connectivity index (χ3n) is 3.07. The number of halogens is 1. The highest BCUT2D eigenvalue weighted by Crippen LogP contribution is 2.09. The van der Waals surface area contributed by atoms with Gasteiger partial charge in [0.15, 0.2) is 0 Å². The van der Waals surface area contributed by atoms with Crippen LogP contribution < -0.4 is 5.32 Å². The van der Waals surface area contributed by atoms with E-state index in [-0.39, 0.29) is 5.82 Å². The van der Waals surface area contributed by atoms with Gasteiger partial charge in [-0.15, -0.1) is 0 Å². The number of hydrogen-bond donors (Lipinski definition) is 1. The SMILES string of the molecule is CCNCC(CC)N(C)Cc1ccc(F)cc1. The molecule has 96 valence electrons. The summed E-state index contributed by atoms with van der Waals surface area (Å²) in [5.41, 5.74) is 1.16. The Morgan fingerprint density at radius 3 is 2.41 bits per heavy atom. The Morgan fingerprint density at radius 2 is 1.88 bits per heavy atom. The van der Waals surface area contributed by atoms with Gasteiger partial charge in [-0.1, -0.05) is 26.0 Å². The summed E-state index contributed by atoms with van der Waals surface area (Å²) >= 11 is 0. The van der Waals surface area contributed by atoms with Gasteiger partial charge in [-0.25, -0.2) is 4.39 Å².